The van der Waals surface area contributed by atoms with Gasteiger partial charge in [-0.2, -0.15) is 0 Å². The van der Waals surface area contributed by atoms with Crippen LogP contribution in [-0.2, 0) is 6.54 Å². The van der Waals surface area contributed by atoms with Crippen molar-refractivity contribution in [2.45, 2.75) is 39.7 Å². The number of hydrogen-bond donors (Lipinski definition) is 1. The monoisotopic (exact) mass is 336 g/mol. The van der Waals surface area contributed by atoms with Crippen molar-refractivity contribution in [3.63, 3.8) is 0 Å². The number of quaternary nitrogens is 1. The van der Waals surface area contributed by atoms with Crippen LogP contribution in [-0.4, -0.2) is 6.54 Å². The largest absolute Gasteiger partial charge is 0.423 e. The van der Waals surface area contributed by atoms with Crippen molar-refractivity contribution in [1.82, 2.24) is 0 Å². The van der Waals surface area contributed by atoms with Gasteiger partial charge in [-0.05, 0) is 49.1 Å². The molecule has 1 atom stereocenters. The minimum Gasteiger partial charge on any atom is -0.423 e. The van der Waals surface area contributed by atoms with E-state index in [2.05, 4.69) is 55.6 Å². The number of hydrogen-bond acceptors (Lipinski definition) is 2. The molecule has 0 aliphatic rings. The number of rotatable bonds is 6. The Balaban J connectivity index is 1.79. The summed E-state index contributed by atoms with van der Waals surface area (Å²) in [6, 6.07) is 16.4. The molecule has 0 unspecified atom stereocenters. The van der Waals surface area contributed by atoms with Crippen LogP contribution in [0.4, 0.5) is 0 Å². The third-order valence-electron chi connectivity index (χ3n) is 5.02. The highest BCUT2D eigenvalue weighted by atomic mass is 16.4. The second-order valence-corrected chi connectivity index (χ2v) is 6.77. The van der Waals surface area contributed by atoms with Crippen LogP contribution in [0.3, 0.4) is 0 Å². The number of aryl methyl sites for hydroxylation is 2. The van der Waals surface area contributed by atoms with Gasteiger partial charge in [-0.25, -0.2) is 4.79 Å². The predicted molar refractivity (Wildman–Crippen MR) is 102 cm³/mol. The fraction of sp³-hybridized carbons (Fsp3) is 0.318. The lowest BCUT2D eigenvalue weighted by molar-refractivity contribution is -0.672. The highest BCUT2D eigenvalue weighted by Crippen LogP contribution is 2.21. The van der Waals surface area contributed by atoms with Gasteiger partial charge in [0.05, 0.1) is 6.54 Å². The van der Waals surface area contributed by atoms with E-state index in [-0.39, 0.29) is 5.63 Å². The molecule has 0 aliphatic heterocycles. The molecule has 3 rings (SSSR count). The van der Waals surface area contributed by atoms with Gasteiger partial charge >= 0.3 is 5.63 Å². The molecule has 0 amide bonds. The van der Waals surface area contributed by atoms with Crippen LogP contribution < -0.4 is 10.9 Å². The second-order valence-electron chi connectivity index (χ2n) is 6.77. The second kappa shape index (κ2) is 7.66. The Morgan fingerprint density at radius 3 is 2.48 bits per heavy atom. The zero-order valence-electron chi connectivity index (χ0n) is 15.2. The SMILES string of the molecule is CC[C@@H](C[NH2+]Cc1cc(=O)oc2cc(C)c(C)cc12)c1ccccc1. The van der Waals surface area contributed by atoms with E-state index >= 15 is 0 Å². The van der Waals surface area contributed by atoms with Crippen LogP contribution in [0.2, 0.25) is 0 Å². The van der Waals surface area contributed by atoms with Gasteiger partial charge in [0.15, 0.2) is 0 Å². The van der Waals surface area contributed by atoms with Gasteiger partial charge in [-0.1, -0.05) is 37.3 Å². The molecule has 130 valence electrons. The molecule has 0 saturated heterocycles. The molecule has 0 bridgehead atoms. The van der Waals surface area contributed by atoms with E-state index in [1.54, 1.807) is 6.07 Å². The molecule has 1 heterocycles. The van der Waals surface area contributed by atoms with Crippen LogP contribution in [0.1, 0.15) is 41.5 Å². The molecule has 0 saturated carbocycles. The lowest BCUT2D eigenvalue weighted by Gasteiger charge is -2.14. The zero-order chi connectivity index (χ0) is 17.8. The molecule has 2 N–H and O–H groups in total. The number of benzene rings is 2. The smallest absolute Gasteiger partial charge is 0.336 e. The summed E-state index contributed by atoms with van der Waals surface area (Å²) < 4.78 is 5.39. The van der Waals surface area contributed by atoms with Crippen molar-refractivity contribution < 1.29 is 9.73 Å². The topological polar surface area (TPSA) is 46.8 Å². The average Bonchev–Trinajstić information content (AvgIpc) is 2.61. The molecule has 3 heteroatoms. The predicted octanol–water partition coefficient (Wildman–Crippen LogP) is 3.67. The molecule has 3 aromatic rings. The van der Waals surface area contributed by atoms with Crippen molar-refractivity contribution >= 4 is 11.0 Å². The first-order chi connectivity index (χ1) is 12.1. The van der Waals surface area contributed by atoms with Gasteiger partial charge < -0.3 is 9.73 Å². The van der Waals surface area contributed by atoms with E-state index < -0.39 is 0 Å². The summed E-state index contributed by atoms with van der Waals surface area (Å²) in [5.74, 6) is 0.525. The summed E-state index contributed by atoms with van der Waals surface area (Å²) >= 11 is 0. The maximum Gasteiger partial charge on any atom is 0.336 e. The summed E-state index contributed by atoms with van der Waals surface area (Å²) in [5, 5.41) is 3.34. The molecule has 0 fully saturated rings. The Bertz CT molecular complexity index is 912. The fourth-order valence-electron chi connectivity index (χ4n) is 3.36. The van der Waals surface area contributed by atoms with Crippen LogP contribution in [0.5, 0.6) is 0 Å². The third-order valence-corrected chi connectivity index (χ3v) is 5.02. The fourth-order valence-corrected chi connectivity index (χ4v) is 3.36. The van der Waals surface area contributed by atoms with Gasteiger partial charge in [0.25, 0.3) is 0 Å². The molecule has 3 nitrogen and oxygen atoms in total. The van der Waals surface area contributed by atoms with E-state index in [1.807, 2.05) is 13.0 Å². The van der Waals surface area contributed by atoms with Crippen molar-refractivity contribution in [3.05, 3.63) is 81.2 Å². The molecule has 0 aliphatic carbocycles. The Morgan fingerprint density at radius 2 is 1.76 bits per heavy atom. The van der Waals surface area contributed by atoms with Crippen molar-refractivity contribution in [1.29, 1.82) is 0 Å². The first-order valence-electron chi connectivity index (χ1n) is 8.99. The van der Waals surface area contributed by atoms with E-state index in [0.717, 1.165) is 36.0 Å². The summed E-state index contributed by atoms with van der Waals surface area (Å²) in [6.07, 6.45) is 1.11. The van der Waals surface area contributed by atoms with Crippen molar-refractivity contribution in [3.8, 4) is 0 Å². The van der Waals surface area contributed by atoms with Gasteiger partial charge in [-0.3, -0.25) is 0 Å². The molecule has 2 aromatic carbocycles. The van der Waals surface area contributed by atoms with Gasteiger partial charge in [-0.15, -0.1) is 0 Å². The highest BCUT2D eigenvalue weighted by molar-refractivity contribution is 5.81. The summed E-state index contributed by atoms with van der Waals surface area (Å²) in [6.45, 7) is 8.15. The maximum absolute atomic E-state index is 11.9. The number of fused-ring (bicyclic) bond motifs is 1. The van der Waals surface area contributed by atoms with Crippen LogP contribution in [0.25, 0.3) is 11.0 Å². The van der Waals surface area contributed by atoms with E-state index in [9.17, 15) is 4.79 Å². The van der Waals surface area contributed by atoms with Gasteiger partial charge in [0, 0.05) is 22.9 Å². The summed E-state index contributed by atoms with van der Waals surface area (Å²) in [5.41, 5.74) is 5.22. The molecule has 25 heavy (non-hydrogen) atoms. The van der Waals surface area contributed by atoms with Gasteiger partial charge in [0.2, 0.25) is 0 Å². The Kier molecular flexibility index (Phi) is 5.34. The summed E-state index contributed by atoms with van der Waals surface area (Å²) in [4.78, 5) is 11.9. The Morgan fingerprint density at radius 1 is 1.04 bits per heavy atom. The minimum atomic E-state index is -0.269. The van der Waals surface area contributed by atoms with Crippen LogP contribution in [0, 0.1) is 13.8 Å². The quantitative estimate of drug-likeness (QED) is 0.698. The zero-order valence-corrected chi connectivity index (χ0v) is 15.2. The third kappa shape index (κ3) is 3.99. The Hall–Kier alpha value is -2.39. The van der Waals surface area contributed by atoms with Crippen LogP contribution >= 0.6 is 0 Å². The minimum absolute atomic E-state index is 0.269. The van der Waals surface area contributed by atoms with E-state index in [4.69, 9.17) is 4.42 Å². The van der Waals surface area contributed by atoms with E-state index in [1.165, 1.54) is 11.1 Å². The van der Waals surface area contributed by atoms with E-state index in [0.29, 0.717) is 11.5 Å². The molecule has 0 radical (unpaired) electrons. The normalized spacial score (nSPS) is 12.4. The van der Waals surface area contributed by atoms with Gasteiger partial charge in [0.1, 0.15) is 12.1 Å². The number of nitrogens with two attached hydrogens (primary N) is 1. The first-order valence-corrected chi connectivity index (χ1v) is 8.99. The first kappa shape index (κ1) is 17.4. The van der Waals surface area contributed by atoms with Crippen LogP contribution in [0.15, 0.2) is 57.7 Å². The molecular weight excluding hydrogens is 310 g/mol. The molecule has 1 aromatic heterocycles. The average molecular weight is 336 g/mol. The molecule has 0 spiro atoms. The highest BCUT2D eigenvalue weighted by Gasteiger charge is 2.13. The maximum atomic E-state index is 11.9. The lowest BCUT2D eigenvalue weighted by Crippen LogP contribution is -2.83. The summed E-state index contributed by atoms with van der Waals surface area (Å²) in [7, 11) is 0. The Labute approximate surface area is 148 Å². The van der Waals surface area contributed by atoms with Crippen molar-refractivity contribution in [2.75, 3.05) is 6.54 Å². The van der Waals surface area contributed by atoms with Crippen molar-refractivity contribution in [2.24, 2.45) is 0 Å². The lowest BCUT2D eigenvalue weighted by atomic mass is 9.96. The standard InChI is InChI=1S/C22H25NO2/c1-4-17(18-8-6-5-7-9-18)13-23-14-19-12-22(24)25-21-11-16(3)15(2)10-20(19)21/h5-12,17,23H,4,13-14H2,1-3H3/p+1/t17-/m0/s1. The molecular formula is C22H26NO2+.